The third kappa shape index (κ3) is 5.22. The van der Waals surface area contributed by atoms with Crippen molar-refractivity contribution in [1.82, 2.24) is 4.98 Å². The summed E-state index contributed by atoms with van der Waals surface area (Å²) in [5.74, 6) is -3.93. The number of aromatic nitrogens is 1. The van der Waals surface area contributed by atoms with Crippen LogP contribution in [0.25, 0.3) is 0 Å². The maximum absolute atomic E-state index is 13.7. The summed E-state index contributed by atoms with van der Waals surface area (Å²) in [6.07, 6.45) is 4.51. The van der Waals surface area contributed by atoms with Gasteiger partial charge >= 0.3 is 0 Å². The molecule has 2 atom stereocenters. The standard InChI is InChI=1S/C27H25ClF2N2O6S/c28-20-5-1-15(25(34)32-18-4-6-21(29)22(30)14-18)11-24(20)39(36,37)19-12-16-2-3-17(13-19)27(16,35)8-7-23(33)26-31-9-10-38-26/h1,4-6,9-11,14,16-17,19,35H,2-3,7-8,12-13H2,(H,32,34). The Hall–Kier alpha value is -3.15. The van der Waals surface area contributed by atoms with Crippen LogP contribution in [0.2, 0.25) is 5.02 Å². The molecule has 0 saturated heterocycles. The summed E-state index contributed by atoms with van der Waals surface area (Å²) >= 11 is 6.28. The molecule has 0 aliphatic heterocycles. The van der Waals surface area contributed by atoms with E-state index < -0.39 is 38.2 Å². The number of rotatable bonds is 8. The maximum atomic E-state index is 13.7. The van der Waals surface area contributed by atoms with Crippen molar-refractivity contribution in [1.29, 1.82) is 0 Å². The molecule has 206 valence electrons. The van der Waals surface area contributed by atoms with Crippen molar-refractivity contribution in [2.45, 2.75) is 54.3 Å². The van der Waals surface area contributed by atoms with E-state index >= 15 is 0 Å². The number of ketones is 1. The summed E-state index contributed by atoms with van der Waals surface area (Å²) in [6.45, 7) is 0. The van der Waals surface area contributed by atoms with Crippen molar-refractivity contribution >= 4 is 38.8 Å². The highest BCUT2D eigenvalue weighted by molar-refractivity contribution is 7.92. The number of anilines is 1. The van der Waals surface area contributed by atoms with Gasteiger partial charge in [-0.1, -0.05) is 11.6 Å². The Kier molecular flexibility index (Phi) is 7.34. The van der Waals surface area contributed by atoms with Crippen LogP contribution in [0, 0.1) is 23.5 Å². The maximum Gasteiger partial charge on any atom is 0.263 e. The second-order valence-corrected chi connectivity index (χ2v) is 12.7. The minimum atomic E-state index is -4.00. The molecule has 2 aliphatic rings. The van der Waals surface area contributed by atoms with Crippen LogP contribution in [-0.2, 0) is 9.84 Å². The number of Topliss-reactive ketones (excluding diaryl/α,β-unsaturated/α-hetero) is 1. The molecule has 39 heavy (non-hydrogen) atoms. The van der Waals surface area contributed by atoms with Gasteiger partial charge in [0.25, 0.3) is 11.8 Å². The Balaban J connectivity index is 1.32. The highest BCUT2D eigenvalue weighted by Crippen LogP contribution is 2.54. The third-order valence-electron chi connectivity index (χ3n) is 7.91. The predicted octanol–water partition coefficient (Wildman–Crippen LogP) is 5.22. The molecule has 2 aliphatic carbocycles. The molecule has 2 unspecified atom stereocenters. The smallest absolute Gasteiger partial charge is 0.263 e. The minimum Gasteiger partial charge on any atom is -0.442 e. The molecule has 1 heterocycles. The second-order valence-electron chi connectivity index (χ2n) is 10.1. The van der Waals surface area contributed by atoms with Gasteiger partial charge in [-0.3, -0.25) is 9.59 Å². The molecule has 3 aromatic rings. The van der Waals surface area contributed by atoms with Gasteiger partial charge in [0, 0.05) is 23.7 Å². The highest BCUT2D eigenvalue weighted by atomic mass is 35.5. The zero-order chi connectivity index (χ0) is 27.9. The molecule has 2 fully saturated rings. The summed E-state index contributed by atoms with van der Waals surface area (Å²) in [6, 6.07) is 6.68. The molecule has 2 N–H and O–H groups in total. The van der Waals surface area contributed by atoms with E-state index in [1.54, 1.807) is 0 Å². The molecule has 1 amide bonds. The number of nitrogens with one attached hydrogen (secondary N) is 1. The quantitative estimate of drug-likeness (QED) is 0.351. The van der Waals surface area contributed by atoms with Gasteiger partial charge in [-0.05, 0) is 74.3 Å². The predicted molar refractivity (Wildman–Crippen MR) is 137 cm³/mol. The number of carbonyl (C=O) groups is 2. The zero-order valence-electron chi connectivity index (χ0n) is 20.6. The summed E-state index contributed by atoms with van der Waals surface area (Å²) in [5, 5.41) is 13.0. The number of fused-ring (bicyclic) bond motifs is 2. The van der Waals surface area contributed by atoms with E-state index in [2.05, 4.69) is 10.3 Å². The third-order valence-corrected chi connectivity index (χ3v) is 10.6. The number of sulfone groups is 1. The van der Waals surface area contributed by atoms with Crippen LogP contribution < -0.4 is 5.32 Å². The lowest BCUT2D eigenvalue weighted by atomic mass is 9.71. The van der Waals surface area contributed by atoms with Crippen LogP contribution in [0.3, 0.4) is 0 Å². The normalized spacial score (nSPS) is 24.5. The molecular weight excluding hydrogens is 554 g/mol. The average molecular weight is 579 g/mol. The van der Waals surface area contributed by atoms with E-state index in [-0.39, 0.29) is 70.4 Å². The summed E-state index contributed by atoms with van der Waals surface area (Å²) < 4.78 is 59.2. The van der Waals surface area contributed by atoms with Crippen LogP contribution in [0.1, 0.15) is 59.6 Å². The van der Waals surface area contributed by atoms with Gasteiger partial charge in [-0.15, -0.1) is 0 Å². The lowest BCUT2D eigenvalue weighted by molar-refractivity contribution is -0.0646. The van der Waals surface area contributed by atoms with Crippen LogP contribution in [0.15, 0.2) is 58.2 Å². The van der Waals surface area contributed by atoms with E-state index in [9.17, 15) is 31.9 Å². The topological polar surface area (TPSA) is 127 Å². The number of carbonyl (C=O) groups excluding carboxylic acids is 2. The van der Waals surface area contributed by atoms with Gasteiger partial charge in [0.15, 0.2) is 21.5 Å². The minimum absolute atomic E-state index is 0.00251. The van der Waals surface area contributed by atoms with Gasteiger partial charge < -0.3 is 14.8 Å². The lowest BCUT2D eigenvalue weighted by Gasteiger charge is -2.42. The second kappa shape index (κ2) is 10.4. The van der Waals surface area contributed by atoms with Gasteiger partial charge in [0.1, 0.15) is 6.26 Å². The summed E-state index contributed by atoms with van der Waals surface area (Å²) in [7, 11) is -4.00. The highest BCUT2D eigenvalue weighted by Gasteiger charge is 2.55. The van der Waals surface area contributed by atoms with Crippen LogP contribution >= 0.6 is 11.6 Å². The largest absolute Gasteiger partial charge is 0.442 e. The van der Waals surface area contributed by atoms with Gasteiger partial charge in [-0.2, -0.15) is 0 Å². The Morgan fingerprint density at radius 1 is 1.10 bits per heavy atom. The Morgan fingerprint density at radius 2 is 1.82 bits per heavy atom. The molecule has 2 aromatic carbocycles. The van der Waals surface area contributed by atoms with Crippen molar-refractivity contribution in [3.8, 4) is 0 Å². The number of nitrogens with zero attached hydrogens (tertiary/aromatic N) is 1. The Labute approximate surface area is 228 Å². The van der Waals surface area contributed by atoms with Crippen molar-refractivity contribution in [2.75, 3.05) is 5.32 Å². The first-order chi connectivity index (χ1) is 18.5. The van der Waals surface area contributed by atoms with Gasteiger partial charge in [0.05, 0.1) is 27.0 Å². The van der Waals surface area contributed by atoms with E-state index in [0.29, 0.717) is 12.8 Å². The van der Waals surface area contributed by atoms with Gasteiger partial charge in [0.2, 0.25) is 5.78 Å². The summed E-state index contributed by atoms with van der Waals surface area (Å²) in [5.41, 5.74) is -1.20. The molecule has 2 saturated carbocycles. The first kappa shape index (κ1) is 27.4. The number of hydrogen-bond donors (Lipinski definition) is 2. The first-order valence-corrected chi connectivity index (χ1v) is 14.4. The number of amides is 1. The monoisotopic (exact) mass is 578 g/mol. The van der Waals surface area contributed by atoms with Crippen molar-refractivity contribution in [3.63, 3.8) is 0 Å². The van der Waals surface area contributed by atoms with E-state index in [1.165, 1.54) is 36.7 Å². The van der Waals surface area contributed by atoms with E-state index in [1.807, 2.05) is 0 Å². The number of halogens is 3. The molecule has 12 heteroatoms. The SMILES string of the molecule is O=C(Nc1ccc(F)c(F)c1)c1ccc(Cl)c(S(=O)(=O)C2CC3CCC(C2)C3(O)CCC(=O)c2ncco2)c1. The van der Waals surface area contributed by atoms with Crippen LogP contribution in [0.4, 0.5) is 14.5 Å². The van der Waals surface area contributed by atoms with Crippen molar-refractivity contribution < 1.29 is 36.3 Å². The zero-order valence-corrected chi connectivity index (χ0v) is 22.1. The first-order valence-electron chi connectivity index (χ1n) is 12.4. The number of oxazole rings is 1. The fourth-order valence-corrected chi connectivity index (χ4v) is 8.27. The average Bonchev–Trinajstić information content (AvgIpc) is 3.47. The molecule has 2 bridgehead atoms. The van der Waals surface area contributed by atoms with Crippen molar-refractivity contribution in [2.24, 2.45) is 11.8 Å². The van der Waals surface area contributed by atoms with E-state index in [4.69, 9.17) is 16.0 Å². The van der Waals surface area contributed by atoms with Crippen LogP contribution in [0.5, 0.6) is 0 Å². The molecule has 0 radical (unpaired) electrons. The lowest BCUT2D eigenvalue weighted by Crippen LogP contribution is -2.48. The van der Waals surface area contributed by atoms with Crippen molar-refractivity contribution in [3.05, 3.63) is 77.0 Å². The number of aliphatic hydroxyl groups is 1. The van der Waals surface area contributed by atoms with E-state index in [0.717, 1.165) is 12.1 Å². The fourth-order valence-electron chi connectivity index (χ4n) is 5.87. The molecular formula is C27H25ClF2N2O6S. The molecule has 8 nitrogen and oxygen atoms in total. The van der Waals surface area contributed by atoms with Gasteiger partial charge in [-0.25, -0.2) is 22.2 Å². The molecule has 0 spiro atoms. The molecule has 5 rings (SSSR count). The Morgan fingerprint density at radius 3 is 2.46 bits per heavy atom. The molecule has 1 aromatic heterocycles. The fraction of sp³-hybridized carbons (Fsp3) is 0.370. The number of benzene rings is 2. The number of hydrogen-bond acceptors (Lipinski definition) is 7. The van der Waals surface area contributed by atoms with Crippen LogP contribution in [-0.4, -0.2) is 41.0 Å². The Bertz CT molecular complexity index is 1510. The summed E-state index contributed by atoms with van der Waals surface area (Å²) in [4.78, 5) is 28.7.